The van der Waals surface area contributed by atoms with E-state index >= 15 is 0 Å². The van der Waals surface area contributed by atoms with Crippen LogP contribution in [0, 0.1) is 0 Å². The maximum Gasteiger partial charge on any atom is 0.308 e. The van der Waals surface area contributed by atoms with Crippen molar-refractivity contribution in [1.29, 1.82) is 0 Å². The predicted octanol–water partition coefficient (Wildman–Crippen LogP) is 1.55. The van der Waals surface area contributed by atoms with Crippen LogP contribution in [0.15, 0.2) is 24.3 Å². The zero-order valence-corrected chi connectivity index (χ0v) is 10.1. The molecule has 1 aromatic carbocycles. The molecule has 0 aliphatic rings. The summed E-state index contributed by atoms with van der Waals surface area (Å²) >= 11 is 0. The molecule has 1 rings (SSSR count). The molecule has 0 spiro atoms. The maximum atomic E-state index is 11.4. The van der Waals surface area contributed by atoms with E-state index in [2.05, 4.69) is 0 Å². The number of ether oxygens (including phenoxy) is 1. The largest absolute Gasteiger partial charge is 0.427 e. The number of hydrogen-bond donors (Lipinski definition) is 0. The van der Waals surface area contributed by atoms with Gasteiger partial charge < -0.3 is 4.74 Å². The van der Waals surface area contributed by atoms with Gasteiger partial charge in [-0.3, -0.25) is 4.79 Å². The second-order valence-corrected chi connectivity index (χ2v) is 5.77. The van der Waals surface area contributed by atoms with Crippen molar-refractivity contribution in [3.63, 3.8) is 0 Å². The van der Waals surface area contributed by atoms with Crippen molar-refractivity contribution in [2.24, 2.45) is 0 Å². The highest BCUT2D eigenvalue weighted by Gasteiger charge is 2.09. The lowest BCUT2D eigenvalue weighted by Crippen LogP contribution is -2.07. The van der Waals surface area contributed by atoms with Crippen molar-refractivity contribution >= 4 is 15.8 Å². The van der Waals surface area contributed by atoms with Crippen LogP contribution in [0.5, 0.6) is 5.75 Å². The number of carbonyl (C=O) groups is 1. The zero-order valence-electron chi connectivity index (χ0n) is 9.26. The van der Waals surface area contributed by atoms with Gasteiger partial charge in [0.25, 0.3) is 0 Å². The number of hydrogen-bond acceptors (Lipinski definition) is 4. The average Bonchev–Trinajstić information content (AvgIpc) is 2.16. The molecule has 0 fully saturated rings. The highest BCUT2D eigenvalue weighted by Crippen LogP contribution is 2.15. The minimum atomic E-state index is -3.06. The van der Waals surface area contributed by atoms with Crippen molar-refractivity contribution < 1.29 is 17.9 Å². The van der Waals surface area contributed by atoms with Gasteiger partial charge in [0.15, 0.2) is 9.84 Å². The SMILES string of the molecule is CCS(=O)(=O)Cc1cccc(OC(C)=O)c1. The van der Waals surface area contributed by atoms with Crippen LogP contribution in [-0.4, -0.2) is 20.1 Å². The van der Waals surface area contributed by atoms with E-state index in [4.69, 9.17) is 4.74 Å². The third-order valence-corrected chi connectivity index (χ3v) is 3.64. The summed E-state index contributed by atoms with van der Waals surface area (Å²) in [5.41, 5.74) is 0.626. The highest BCUT2D eigenvalue weighted by molar-refractivity contribution is 7.90. The number of rotatable bonds is 4. The summed E-state index contributed by atoms with van der Waals surface area (Å²) in [6.07, 6.45) is 0. The summed E-state index contributed by atoms with van der Waals surface area (Å²) in [7, 11) is -3.06. The summed E-state index contributed by atoms with van der Waals surface area (Å²) in [5, 5.41) is 0. The molecular weight excluding hydrogens is 228 g/mol. The standard InChI is InChI=1S/C11H14O4S/c1-3-16(13,14)8-10-5-4-6-11(7-10)15-9(2)12/h4-7H,3,8H2,1-2H3. The number of carbonyl (C=O) groups excluding carboxylic acids is 1. The van der Waals surface area contributed by atoms with Crippen molar-refractivity contribution in [2.45, 2.75) is 19.6 Å². The van der Waals surface area contributed by atoms with E-state index in [1.54, 1.807) is 31.2 Å². The zero-order chi connectivity index (χ0) is 12.2. The van der Waals surface area contributed by atoms with E-state index in [0.29, 0.717) is 11.3 Å². The Morgan fingerprint density at radius 2 is 2.06 bits per heavy atom. The summed E-state index contributed by atoms with van der Waals surface area (Å²) in [6, 6.07) is 6.54. The van der Waals surface area contributed by atoms with Gasteiger partial charge in [0, 0.05) is 12.7 Å². The molecule has 0 aromatic heterocycles. The molecule has 0 unspecified atom stereocenters. The number of benzene rings is 1. The molecular formula is C11H14O4S. The first kappa shape index (κ1) is 12.7. The van der Waals surface area contributed by atoms with Gasteiger partial charge in [-0.15, -0.1) is 0 Å². The van der Waals surface area contributed by atoms with E-state index < -0.39 is 15.8 Å². The quantitative estimate of drug-likeness (QED) is 0.593. The van der Waals surface area contributed by atoms with Gasteiger partial charge in [0.05, 0.1) is 5.75 Å². The maximum absolute atomic E-state index is 11.4. The average molecular weight is 242 g/mol. The Hall–Kier alpha value is -1.36. The Morgan fingerprint density at radius 1 is 1.38 bits per heavy atom. The van der Waals surface area contributed by atoms with Crippen molar-refractivity contribution in [2.75, 3.05) is 5.75 Å². The van der Waals surface area contributed by atoms with E-state index in [1.165, 1.54) is 6.92 Å². The van der Waals surface area contributed by atoms with E-state index in [-0.39, 0.29) is 11.5 Å². The van der Waals surface area contributed by atoms with Gasteiger partial charge in [-0.1, -0.05) is 19.1 Å². The Bertz CT molecular complexity index is 477. The molecule has 0 aliphatic heterocycles. The fourth-order valence-corrected chi connectivity index (χ4v) is 2.11. The predicted molar refractivity (Wildman–Crippen MR) is 60.9 cm³/mol. The Labute approximate surface area is 95.2 Å². The Balaban J connectivity index is 2.87. The highest BCUT2D eigenvalue weighted by atomic mass is 32.2. The van der Waals surface area contributed by atoms with Gasteiger partial charge in [-0.2, -0.15) is 0 Å². The fourth-order valence-electron chi connectivity index (χ4n) is 1.22. The van der Waals surface area contributed by atoms with Crippen molar-refractivity contribution in [3.8, 4) is 5.75 Å². The van der Waals surface area contributed by atoms with E-state index in [1.807, 2.05) is 0 Å². The second-order valence-electron chi connectivity index (χ2n) is 3.42. The van der Waals surface area contributed by atoms with Crippen molar-refractivity contribution in [3.05, 3.63) is 29.8 Å². The number of esters is 1. The molecule has 0 amide bonds. The van der Waals surface area contributed by atoms with Crippen LogP contribution in [0.25, 0.3) is 0 Å². The van der Waals surface area contributed by atoms with Crippen molar-refractivity contribution in [1.82, 2.24) is 0 Å². The van der Waals surface area contributed by atoms with Gasteiger partial charge >= 0.3 is 5.97 Å². The molecule has 0 saturated carbocycles. The normalized spacial score (nSPS) is 11.1. The van der Waals surface area contributed by atoms with Crippen LogP contribution >= 0.6 is 0 Å². The topological polar surface area (TPSA) is 60.4 Å². The molecule has 0 aliphatic carbocycles. The lowest BCUT2D eigenvalue weighted by molar-refractivity contribution is -0.131. The van der Waals surface area contributed by atoms with E-state index in [9.17, 15) is 13.2 Å². The van der Waals surface area contributed by atoms with Crippen LogP contribution in [0.3, 0.4) is 0 Å². The lowest BCUT2D eigenvalue weighted by atomic mass is 10.2. The van der Waals surface area contributed by atoms with Crippen LogP contribution < -0.4 is 4.74 Å². The number of sulfone groups is 1. The first-order chi connectivity index (χ1) is 7.43. The summed E-state index contributed by atoms with van der Waals surface area (Å²) in [4.78, 5) is 10.7. The minimum absolute atomic E-state index is 0.0292. The smallest absolute Gasteiger partial charge is 0.308 e. The summed E-state index contributed by atoms with van der Waals surface area (Å²) < 4.78 is 27.7. The van der Waals surface area contributed by atoms with E-state index in [0.717, 1.165) is 0 Å². The Morgan fingerprint density at radius 3 is 2.62 bits per heavy atom. The minimum Gasteiger partial charge on any atom is -0.427 e. The second kappa shape index (κ2) is 5.12. The molecule has 0 radical (unpaired) electrons. The fraction of sp³-hybridized carbons (Fsp3) is 0.364. The molecule has 4 nitrogen and oxygen atoms in total. The van der Waals surface area contributed by atoms with Gasteiger partial charge in [0.2, 0.25) is 0 Å². The third kappa shape index (κ3) is 4.02. The van der Waals surface area contributed by atoms with Crippen LogP contribution in [0.1, 0.15) is 19.4 Å². The Kier molecular flexibility index (Phi) is 4.06. The summed E-state index contributed by atoms with van der Waals surface area (Å²) in [6.45, 7) is 2.90. The molecule has 1 aromatic rings. The molecule has 16 heavy (non-hydrogen) atoms. The van der Waals surface area contributed by atoms with Gasteiger partial charge in [-0.25, -0.2) is 8.42 Å². The monoisotopic (exact) mass is 242 g/mol. The molecule has 5 heteroatoms. The van der Waals surface area contributed by atoms with Crippen LogP contribution in [0.2, 0.25) is 0 Å². The first-order valence-corrected chi connectivity index (χ1v) is 6.73. The summed E-state index contributed by atoms with van der Waals surface area (Å²) in [5.74, 6) is 0.0236. The molecule has 88 valence electrons. The molecule has 0 heterocycles. The van der Waals surface area contributed by atoms with Crippen LogP contribution in [0.4, 0.5) is 0 Å². The molecule has 0 bridgehead atoms. The molecule has 0 saturated heterocycles. The van der Waals surface area contributed by atoms with Gasteiger partial charge in [-0.05, 0) is 17.7 Å². The van der Waals surface area contributed by atoms with Gasteiger partial charge in [0.1, 0.15) is 5.75 Å². The molecule has 0 atom stereocenters. The molecule has 0 N–H and O–H groups in total. The first-order valence-electron chi connectivity index (χ1n) is 4.91. The van der Waals surface area contributed by atoms with Crippen LogP contribution in [-0.2, 0) is 20.4 Å². The lowest BCUT2D eigenvalue weighted by Gasteiger charge is -2.04. The third-order valence-electron chi connectivity index (χ3n) is 1.99.